The number of anilines is 1. The Morgan fingerprint density at radius 2 is 2.14 bits per heavy atom. The maximum atomic E-state index is 10.7. The molecule has 0 saturated carbocycles. The molecule has 0 bridgehead atoms. The second kappa shape index (κ2) is 4.23. The third-order valence-corrected chi connectivity index (χ3v) is 2.17. The van der Waals surface area contributed by atoms with E-state index >= 15 is 0 Å². The fraction of sp³-hybridized carbons (Fsp3) is 0.375. The number of nitrogens with zero attached hydrogens (tertiary/aromatic N) is 3. The number of carboxylic acid groups (broad SMARTS) is 1. The molecule has 1 aromatic heterocycles. The van der Waals surface area contributed by atoms with Crippen LogP contribution >= 0.6 is 11.6 Å². The molecule has 0 amide bonds. The largest absolute Gasteiger partial charge is 0.480 e. The molecule has 1 aromatic rings. The van der Waals surface area contributed by atoms with Crippen molar-refractivity contribution in [2.45, 2.75) is 13.0 Å². The molecule has 0 aliphatic rings. The lowest BCUT2D eigenvalue weighted by Crippen LogP contribution is -2.36. The first kappa shape index (κ1) is 10.7. The summed E-state index contributed by atoms with van der Waals surface area (Å²) in [6, 6.07) is -0.691. The normalized spacial score (nSPS) is 12.2. The highest BCUT2D eigenvalue weighted by molar-refractivity contribution is 6.31. The van der Waals surface area contributed by atoms with E-state index in [1.165, 1.54) is 17.3 Å². The van der Waals surface area contributed by atoms with Gasteiger partial charge in [0.25, 0.3) is 0 Å². The first-order valence-corrected chi connectivity index (χ1v) is 4.34. The van der Waals surface area contributed by atoms with Crippen LogP contribution in [0.1, 0.15) is 6.92 Å². The van der Waals surface area contributed by atoms with E-state index in [0.717, 1.165) is 0 Å². The van der Waals surface area contributed by atoms with Gasteiger partial charge in [-0.3, -0.25) is 0 Å². The summed E-state index contributed by atoms with van der Waals surface area (Å²) < 4.78 is 0. The highest BCUT2D eigenvalue weighted by atomic mass is 35.5. The van der Waals surface area contributed by atoms with Gasteiger partial charge < -0.3 is 10.0 Å². The third kappa shape index (κ3) is 2.11. The van der Waals surface area contributed by atoms with Crippen LogP contribution in [0.3, 0.4) is 0 Å². The van der Waals surface area contributed by atoms with Crippen molar-refractivity contribution in [1.29, 1.82) is 0 Å². The molecule has 0 spiro atoms. The minimum atomic E-state index is -0.936. The molecule has 0 aromatic carbocycles. The molecule has 1 atom stereocenters. The number of halogens is 1. The minimum absolute atomic E-state index is 0.197. The van der Waals surface area contributed by atoms with Gasteiger partial charge in [0, 0.05) is 19.4 Å². The Kier molecular flexibility index (Phi) is 3.24. The van der Waals surface area contributed by atoms with Gasteiger partial charge in [-0.15, -0.1) is 0 Å². The monoisotopic (exact) mass is 215 g/mol. The van der Waals surface area contributed by atoms with Crippen molar-refractivity contribution >= 4 is 23.4 Å². The fourth-order valence-electron chi connectivity index (χ4n) is 0.899. The fourth-order valence-corrected chi connectivity index (χ4v) is 1.14. The number of hydrogen-bond acceptors (Lipinski definition) is 4. The molecule has 5 nitrogen and oxygen atoms in total. The molecule has 1 rings (SSSR count). The molecule has 0 radical (unpaired) electrons. The lowest BCUT2D eigenvalue weighted by Gasteiger charge is -2.22. The van der Waals surface area contributed by atoms with Crippen molar-refractivity contribution in [2.24, 2.45) is 0 Å². The van der Waals surface area contributed by atoms with E-state index in [2.05, 4.69) is 9.97 Å². The Morgan fingerprint density at radius 3 is 2.64 bits per heavy atom. The van der Waals surface area contributed by atoms with E-state index in [9.17, 15) is 4.79 Å². The molecular weight excluding hydrogens is 206 g/mol. The Hall–Kier alpha value is -1.36. The quantitative estimate of drug-likeness (QED) is 0.816. The van der Waals surface area contributed by atoms with Crippen molar-refractivity contribution < 1.29 is 9.90 Å². The van der Waals surface area contributed by atoms with Crippen molar-refractivity contribution in [1.82, 2.24) is 9.97 Å². The highest BCUT2D eigenvalue weighted by Crippen LogP contribution is 2.19. The summed E-state index contributed by atoms with van der Waals surface area (Å²) in [4.78, 5) is 19.9. The van der Waals surface area contributed by atoms with Crippen LogP contribution < -0.4 is 4.90 Å². The molecule has 0 fully saturated rings. The van der Waals surface area contributed by atoms with Crippen LogP contribution in [0.25, 0.3) is 0 Å². The molecule has 0 aliphatic heterocycles. The summed E-state index contributed by atoms with van der Waals surface area (Å²) in [5, 5.41) is 8.97. The number of carbonyl (C=O) groups is 1. The van der Waals surface area contributed by atoms with Crippen LogP contribution in [-0.2, 0) is 4.79 Å². The second-order valence-electron chi connectivity index (χ2n) is 2.80. The van der Waals surface area contributed by atoms with Gasteiger partial charge in [0.15, 0.2) is 11.0 Å². The lowest BCUT2D eigenvalue weighted by atomic mass is 10.3. The van der Waals surface area contributed by atoms with Crippen LogP contribution in [0, 0.1) is 0 Å². The van der Waals surface area contributed by atoms with E-state index in [1.54, 1.807) is 14.0 Å². The number of likely N-dealkylation sites (N-methyl/N-ethyl adjacent to an activating group) is 1. The summed E-state index contributed by atoms with van der Waals surface area (Å²) in [5.74, 6) is -0.571. The molecule has 1 N–H and O–H groups in total. The van der Waals surface area contributed by atoms with E-state index in [0.29, 0.717) is 5.82 Å². The topological polar surface area (TPSA) is 66.3 Å². The Balaban J connectivity index is 2.94. The summed E-state index contributed by atoms with van der Waals surface area (Å²) in [7, 11) is 1.61. The summed E-state index contributed by atoms with van der Waals surface area (Å²) in [6.45, 7) is 1.55. The summed E-state index contributed by atoms with van der Waals surface area (Å²) in [5.41, 5.74) is 0. The zero-order valence-corrected chi connectivity index (χ0v) is 8.56. The van der Waals surface area contributed by atoms with Gasteiger partial charge in [0.1, 0.15) is 6.04 Å². The minimum Gasteiger partial charge on any atom is -0.480 e. The Bertz CT molecular complexity index is 345. The van der Waals surface area contributed by atoms with Gasteiger partial charge in [0.2, 0.25) is 0 Å². The Labute approximate surface area is 86.3 Å². The smallest absolute Gasteiger partial charge is 0.326 e. The molecule has 1 unspecified atom stereocenters. The SMILES string of the molecule is CC(C(=O)O)N(C)c1nccnc1Cl. The molecule has 0 saturated heterocycles. The van der Waals surface area contributed by atoms with Crippen LogP contribution in [0.15, 0.2) is 12.4 Å². The van der Waals surface area contributed by atoms with Gasteiger partial charge in [-0.05, 0) is 6.92 Å². The van der Waals surface area contributed by atoms with Gasteiger partial charge in [-0.2, -0.15) is 0 Å². The zero-order valence-electron chi connectivity index (χ0n) is 7.81. The maximum absolute atomic E-state index is 10.7. The van der Waals surface area contributed by atoms with E-state index < -0.39 is 12.0 Å². The maximum Gasteiger partial charge on any atom is 0.326 e. The first-order chi connectivity index (χ1) is 6.54. The van der Waals surface area contributed by atoms with E-state index in [4.69, 9.17) is 16.7 Å². The predicted molar refractivity (Wildman–Crippen MR) is 52.5 cm³/mol. The number of rotatable bonds is 3. The first-order valence-electron chi connectivity index (χ1n) is 3.96. The number of hydrogen-bond donors (Lipinski definition) is 1. The van der Waals surface area contributed by atoms with Crippen LogP contribution in [0.4, 0.5) is 5.82 Å². The molecule has 14 heavy (non-hydrogen) atoms. The summed E-state index contributed by atoms with van der Waals surface area (Å²) >= 11 is 5.76. The van der Waals surface area contributed by atoms with Gasteiger partial charge in [-0.25, -0.2) is 14.8 Å². The molecule has 0 aliphatic carbocycles. The van der Waals surface area contributed by atoms with Crippen molar-refractivity contribution in [2.75, 3.05) is 11.9 Å². The number of aromatic nitrogens is 2. The van der Waals surface area contributed by atoms with Crippen molar-refractivity contribution in [3.05, 3.63) is 17.5 Å². The van der Waals surface area contributed by atoms with Crippen LogP contribution in [0.2, 0.25) is 5.15 Å². The van der Waals surface area contributed by atoms with Gasteiger partial charge in [-0.1, -0.05) is 11.6 Å². The number of carboxylic acids is 1. The molecule has 6 heteroatoms. The highest BCUT2D eigenvalue weighted by Gasteiger charge is 2.20. The number of aliphatic carboxylic acids is 1. The van der Waals surface area contributed by atoms with Gasteiger partial charge in [0.05, 0.1) is 0 Å². The molecule has 76 valence electrons. The Morgan fingerprint density at radius 1 is 1.57 bits per heavy atom. The van der Waals surface area contributed by atoms with E-state index in [-0.39, 0.29) is 5.15 Å². The zero-order chi connectivity index (χ0) is 10.7. The van der Waals surface area contributed by atoms with Crippen LogP contribution in [-0.4, -0.2) is 34.1 Å². The van der Waals surface area contributed by atoms with Gasteiger partial charge >= 0.3 is 5.97 Å². The standard InChI is InChI=1S/C8H10ClN3O2/c1-5(8(13)14)12(2)7-6(9)10-3-4-11-7/h3-5H,1-2H3,(H,13,14). The average Bonchev–Trinajstić information content (AvgIpc) is 2.16. The molecular formula is C8H10ClN3O2. The van der Waals surface area contributed by atoms with Crippen molar-refractivity contribution in [3.63, 3.8) is 0 Å². The van der Waals surface area contributed by atoms with Crippen molar-refractivity contribution in [3.8, 4) is 0 Å². The summed E-state index contributed by atoms with van der Waals surface area (Å²) in [6.07, 6.45) is 2.91. The lowest BCUT2D eigenvalue weighted by molar-refractivity contribution is -0.138. The predicted octanol–water partition coefficient (Wildman–Crippen LogP) is 1.04. The molecule has 1 heterocycles. The second-order valence-corrected chi connectivity index (χ2v) is 3.15. The third-order valence-electron chi connectivity index (χ3n) is 1.91. The van der Waals surface area contributed by atoms with Crippen LogP contribution in [0.5, 0.6) is 0 Å². The average molecular weight is 216 g/mol. The van der Waals surface area contributed by atoms with E-state index in [1.807, 2.05) is 0 Å².